The van der Waals surface area contributed by atoms with Gasteiger partial charge in [-0.25, -0.2) is 9.50 Å². The second kappa shape index (κ2) is 4.28. The molecule has 0 bridgehead atoms. The molecule has 0 aromatic carbocycles. The third kappa shape index (κ3) is 2.54. The summed E-state index contributed by atoms with van der Waals surface area (Å²) in [6.45, 7) is 4.91. The van der Waals surface area contributed by atoms with Crippen molar-refractivity contribution in [2.24, 2.45) is 0 Å². The first-order valence-electron chi connectivity index (χ1n) is 4.89. The van der Waals surface area contributed by atoms with Crippen LogP contribution in [-0.2, 0) is 6.54 Å². The van der Waals surface area contributed by atoms with Gasteiger partial charge in [-0.15, -0.1) is 5.10 Å². The Balaban J connectivity index is 2.23. The van der Waals surface area contributed by atoms with Gasteiger partial charge in [0.2, 0.25) is 0 Å². The highest BCUT2D eigenvalue weighted by atomic mass is 79.9. The van der Waals surface area contributed by atoms with Gasteiger partial charge in [-0.2, -0.15) is 0 Å². The van der Waals surface area contributed by atoms with Crippen molar-refractivity contribution in [2.75, 3.05) is 0 Å². The number of nitrogens with zero attached hydrogens (tertiary/aromatic N) is 3. The average Bonchev–Trinajstić information content (AvgIpc) is 2.56. The van der Waals surface area contributed by atoms with Crippen LogP contribution in [0.4, 0.5) is 0 Å². The molecule has 0 saturated heterocycles. The van der Waals surface area contributed by atoms with Crippen molar-refractivity contribution in [1.29, 1.82) is 0 Å². The van der Waals surface area contributed by atoms with E-state index in [1.807, 2.05) is 18.3 Å². The first-order valence-corrected chi connectivity index (χ1v) is 5.68. The molecule has 4 nitrogen and oxygen atoms in total. The fraction of sp³-hybridized carbons (Fsp3) is 0.400. The van der Waals surface area contributed by atoms with Crippen LogP contribution in [0.1, 0.15) is 19.7 Å². The fourth-order valence-corrected chi connectivity index (χ4v) is 1.60. The van der Waals surface area contributed by atoms with Crippen molar-refractivity contribution >= 4 is 21.6 Å². The first kappa shape index (κ1) is 10.6. The number of nitrogens with one attached hydrogen (secondary N) is 1. The predicted molar refractivity (Wildman–Crippen MR) is 62.7 cm³/mol. The van der Waals surface area contributed by atoms with Gasteiger partial charge in [0.05, 0.1) is 6.54 Å². The molecule has 0 unspecified atom stereocenters. The number of hydrogen-bond acceptors (Lipinski definition) is 3. The van der Waals surface area contributed by atoms with Gasteiger partial charge in [-0.05, 0) is 28.1 Å². The van der Waals surface area contributed by atoms with Gasteiger partial charge in [0.1, 0.15) is 0 Å². The standard InChI is InChI=1S/C10H13BrN4/c1-7(2)12-5-9-13-10-4-3-8(11)6-15(10)14-9/h3-4,6-7,12H,5H2,1-2H3. The van der Waals surface area contributed by atoms with Gasteiger partial charge in [-0.3, -0.25) is 0 Å². The highest BCUT2D eigenvalue weighted by Gasteiger charge is 2.03. The maximum Gasteiger partial charge on any atom is 0.165 e. The Morgan fingerprint density at radius 2 is 2.27 bits per heavy atom. The van der Waals surface area contributed by atoms with Crippen molar-refractivity contribution in [3.8, 4) is 0 Å². The molecule has 0 radical (unpaired) electrons. The minimum atomic E-state index is 0.448. The molecule has 0 amide bonds. The van der Waals surface area contributed by atoms with Crippen LogP contribution in [0.25, 0.3) is 5.65 Å². The zero-order valence-electron chi connectivity index (χ0n) is 8.74. The molecule has 0 atom stereocenters. The molecule has 15 heavy (non-hydrogen) atoms. The summed E-state index contributed by atoms with van der Waals surface area (Å²) in [5.74, 6) is 0.821. The second-order valence-electron chi connectivity index (χ2n) is 3.71. The van der Waals surface area contributed by atoms with Gasteiger partial charge in [0, 0.05) is 16.7 Å². The second-order valence-corrected chi connectivity index (χ2v) is 4.63. The summed E-state index contributed by atoms with van der Waals surface area (Å²) in [6.07, 6.45) is 1.90. The van der Waals surface area contributed by atoms with Gasteiger partial charge in [0.15, 0.2) is 11.5 Å². The van der Waals surface area contributed by atoms with E-state index in [-0.39, 0.29) is 0 Å². The molecule has 0 aliphatic rings. The van der Waals surface area contributed by atoms with Crippen molar-refractivity contribution in [3.63, 3.8) is 0 Å². The molecule has 2 aromatic rings. The molecule has 1 N–H and O–H groups in total. The maximum absolute atomic E-state index is 4.39. The van der Waals surface area contributed by atoms with E-state index < -0.39 is 0 Å². The largest absolute Gasteiger partial charge is 0.308 e. The first-order chi connectivity index (χ1) is 7.15. The molecule has 2 aromatic heterocycles. The van der Waals surface area contributed by atoms with Crippen molar-refractivity contribution in [3.05, 3.63) is 28.6 Å². The lowest BCUT2D eigenvalue weighted by atomic mass is 10.4. The highest BCUT2D eigenvalue weighted by molar-refractivity contribution is 9.10. The van der Waals surface area contributed by atoms with Crippen LogP contribution in [0.3, 0.4) is 0 Å². The number of halogens is 1. The Kier molecular flexibility index (Phi) is 3.02. The Morgan fingerprint density at radius 1 is 1.47 bits per heavy atom. The lowest BCUT2D eigenvalue weighted by Gasteiger charge is -2.03. The summed E-state index contributed by atoms with van der Waals surface area (Å²) in [7, 11) is 0. The summed E-state index contributed by atoms with van der Waals surface area (Å²) in [4.78, 5) is 4.39. The minimum absolute atomic E-state index is 0.448. The molecule has 0 spiro atoms. The monoisotopic (exact) mass is 268 g/mol. The van der Waals surface area contributed by atoms with E-state index in [0.29, 0.717) is 12.6 Å². The van der Waals surface area contributed by atoms with E-state index in [1.165, 1.54) is 0 Å². The Bertz CT molecular complexity index is 463. The number of hydrogen-bond donors (Lipinski definition) is 1. The van der Waals surface area contributed by atoms with Gasteiger partial charge in [0.25, 0.3) is 0 Å². The van der Waals surface area contributed by atoms with Crippen LogP contribution in [0.2, 0.25) is 0 Å². The zero-order chi connectivity index (χ0) is 10.8. The maximum atomic E-state index is 4.39. The molecular weight excluding hydrogens is 256 g/mol. The lowest BCUT2D eigenvalue weighted by Crippen LogP contribution is -2.22. The molecule has 0 aliphatic heterocycles. The Hall–Kier alpha value is -0.940. The van der Waals surface area contributed by atoms with Crippen LogP contribution in [-0.4, -0.2) is 20.6 Å². The molecule has 2 heterocycles. The topological polar surface area (TPSA) is 42.2 Å². The van der Waals surface area contributed by atoms with Crippen LogP contribution in [0, 0.1) is 0 Å². The molecule has 2 rings (SSSR count). The summed E-state index contributed by atoms with van der Waals surface area (Å²) in [5, 5.41) is 7.65. The number of pyridine rings is 1. The van der Waals surface area contributed by atoms with Crippen LogP contribution < -0.4 is 5.32 Å². The van der Waals surface area contributed by atoms with Gasteiger partial charge < -0.3 is 5.32 Å². The average molecular weight is 269 g/mol. The quantitative estimate of drug-likeness (QED) is 0.926. The third-order valence-electron chi connectivity index (χ3n) is 2.01. The van der Waals surface area contributed by atoms with E-state index >= 15 is 0 Å². The molecule has 80 valence electrons. The lowest BCUT2D eigenvalue weighted by molar-refractivity contribution is 0.572. The minimum Gasteiger partial charge on any atom is -0.308 e. The highest BCUT2D eigenvalue weighted by Crippen LogP contribution is 2.10. The summed E-state index contributed by atoms with van der Waals surface area (Å²) < 4.78 is 2.78. The van der Waals surface area contributed by atoms with Crippen LogP contribution in [0.5, 0.6) is 0 Å². The number of aromatic nitrogens is 3. The summed E-state index contributed by atoms with van der Waals surface area (Å²) >= 11 is 3.40. The third-order valence-corrected chi connectivity index (χ3v) is 2.48. The zero-order valence-corrected chi connectivity index (χ0v) is 10.3. The van der Waals surface area contributed by atoms with Crippen molar-refractivity contribution in [2.45, 2.75) is 26.4 Å². The van der Waals surface area contributed by atoms with E-state index in [1.54, 1.807) is 4.52 Å². The number of fused-ring (bicyclic) bond motifs is 1. The normalized spacial score (nSPS) is 11.5. The van der Waals surface area contributed by atoms with E-state index in [9.17, 15) is 0 Å². The predicted octanol–water partition coefficient (Wildman–Crippen LogP) is 1.99. The fourth-order valence-electron chi connectivity index (χ4n) is 1.27. The van der Waals surface area contributed by atoms with Crippen molar-refractivity contribution < 1.29 is 0 Å². The smallest absolute Gasteiger partial charge is 0.165 e. The molecule has 0 fully saturated rings. The van der Waals surface area contributed by atoms with E-state index in [0.717, 1.165) is 15.9 Å². The van der Waals surface area contributed by atoms with E-state index in [4.69, 9.17) is 0 Å². The summed E-state index contributed by atoms with van der Waals surface area (Å²) in [6, 6.07) is 4.35. The Morgan fingerprint density at radius 3 is 3.00 bits per heavy atom. The number of rotatable bonds is 3. The van der Waals surface area contributed by atoms with Crippen molar-refractivity contribution in [1.82, 2.24) is 19.9 Å². The molecule has 0 saturated carbocycles. The van der Waals surface area contributed by atoms with E-state index in [2.05, 4.69) is 45.2 Å². The molecule has 5 heteroatoms. The van der Waals surface area contributed by atoms with Crippen LogP contribution >= 0.6 is 15.9 Å². The van der Waals surface area contributed by atoms with Gasteiger partial charge in [-0.1, -0.05) is 13.8 Å². The van der Waals surface area contributed by atoms with Gasteiger partial charge >= 0.3 is 0 Å². The Labute approximate surface area is 96.8 Å². The SMILES string of the molecule is CC(C)NCc1nc2ccc(Br)cn2n1. The van der Waals surface area contributed by atoms with Crippen LogP contribution in [0.15, 0.2) is 22.8 Å². The summed E-state index contributed by atoms with van der Waals surface area (Å²) in [5.41, 5.74) is 0.874. The molecule has 0 aliphatic carbocycles. The molecular formula is C10H13BrN4.